The van der Waals surface area contributed by atoms with Gasteiger partial charge in [0.05, 0.1) is 5.60 Å². The third-order valence-electron chi connectivity index (χ3n) is 2.62. The minimum absolute atomic E-state index is 0.00716. The number of nitriles is 1. The zero-order valence-corrected chi connectivity index (χ0v) is 11.7. The Bertz CT molecular complexity index is 606. The smallest absolute Gasteiger partial charge is 0.242 e. The minimum atomic E-state index is -3.96. The van der Waals surface area contributed by atoms with Crippen LogP contribution in [0.5, 0.6) is 0 Å². The molecule has 1 aromatic carbocycles. The van der Waals surface area contributed by atoms with Crippen molar-refractivity contribution in [2.75, 3.05) is 13.7 Å². The van der Waals surface area contributed by atoms with Gasteiger partial charge in [0.25, 0.3) is 0 Å². The fraction of sp³-hybridized carbons (Fsp3) is 0.417. The molecule has 7 heteroatoms. The highest BCUT2D eigenvalue weighted by molar-refractivity contribution is 7.89. The molecule has 0 unspecified atom stereocenters. The van der Waals surface area contributed by atoms with Crippen molar-refractivity contribution >= 4 is 10.0 Å². The zero-order valence-electron chi connectivity index (χ0n) is 10.9. The van der Waals surface area contributed by atoms with Crippen molar-refractivity contribution in [3.05, 3.63) is 29.6 Å². The third-order valence-corrected chi connectivity index (χ3v) is 4.06. The van der Waals surface area contributed by atoms with Crippen molar-refractivity contribution in [1.29, 1.82) is 5.26 Å². The van der Waals surface area contributed by atoms with Gasteiger partial charge in [-0.25, -0.2) is 17.5 Å². The first-order valence-electron chi connectivity index (χ1n) is 5.47. The average molecular weight is 286 g/mol. The molecule has 0 spiro atoms. The topological polar surface area (TPSA) is 79.2 Å². The van der Waals surface area contributed by atoms with Gasteiger partial charge in [0, 0.05) is 13.7 Å². The highest BCUT2D eigenvalue weighted by atomic mass is 32.2. The second-order valence-electron chi connectivity index (χ2n) is 4.51. The molecule has 0 bridgehead atoms. The molecule has 0 aliphatic rings. The van der Waals surface area contributed by atoms with Gasteiger partial charge in [-0.2, -0.15) is 5.26 Å². The lowest BCUT2D eigenvalue weighted by Gasteiger charge is -2.23. The normalized spacial score (nSPS) is 12.2. The Kier molecular flexibility index (Phi) is 4.63. The van der Waals surface area contributed by atoms with E-state index in [1.54, 1.807) is 19.9 Å². The second-order valence-corrected chi connectivity index (χ2v) is 6.25. The van der Waals surface area contributed by atoms with Gasteiger partial charge in [-0.1, -0.05) is 6.07 Å². The van der Waals surface area contributed by atoms with E-state index in [-0.39, 0.29) is 11.4 Å². The Morgan fingerprint density at radius 1 is 1.47 bits per heavy atom. The molecule has 0 amide bonds. The van der Waals surface area contributed by atoms with Crippen LogP contribution in [0.3, 0.4) is 0 Å². The molecule has 1 aromatic rings. The number of nitrogens with one attached hydrogen (secondary N) is 1. The molecule has 5 nitrogen and oxygen atoms in total. The monoisotopic (exact) mass is 286 g/mol. The van der Waals surface area contributed by atoms with E-state index in [9.17, 15) is 12.8 Å². The van der Waals surface area contributed by atoms with Gasteiger partial charge in [0.15, 0.2) is 0 Å². The molecule has 0 aliphatic carbocycles. The predicted molar refractivity (Wildman–Crippen MR) is 67.4 cm³/mol. The summed E-state index contributed by atoms with van der Waals surface area (Å²) < 4.78 is 44.8. The Balaban J connectivity index is 3.10. The van der Waals surface area contributed by atoms with Crippen molar-refractivity contribution in [2.24, 2.45) is 0 Å². The minimum Gasteiger partial charge on any atom is -0.377 e. The summed E-state index contributed by atoms with van der Waals surface area (Å²) in [6.45, 7) is 3.41. The summed E-state index contributed by atoms with van der Waals surface area (Å²) in [6, 6.07) is 5.02. The number of benzene rings is 1. The maximum atomic E-state index is 13.4. The van der Waals surface area contributed by atoms with Crippen LogP contribution in [0.2, 0.25) is 0 Å². The van der Waals surface area contributed by atoms with Crippen LogP contribution in [-0.2, 0) is 14.8 Å². The highest BCUT2D eigenvalue weighted by Crippen LogP contribution is 2.18. The lowest BCUT2D eigenvalue weighted by atomic mass is 10.1. The molecule has 0 saturated heterocycles. The number of nitrogens with zero attached hydrogens (tertiary/aromatic N) is 1. The molecule has 0 radical (unpaired) electrons. The summed E-state index contributed by atoms with van der Waals surface area (Å²) >= 11 is 0. The molecule has 0 saturated carbocycles. The summed E-state index contributed by atoms with van der Waals surface area (Å²) in [4.78, 5) is -0.373. The molecule has 19 heavy (non-hydrogen) atoms. The summed E-state index contributed by atoms with van der Waals surface area (Å²) in [5.74, 6) is -0.864. The molecule has 0 aromatic heterocycles. The van der Waals surface area contributed by atoms with E-state index in [2.05, 4.69) is 4.72 Å². The molecule has 0 atom stereocenters. The average Bonchev–Trinajstić information content (AvgIpc) is 2.36. The Morgan fingerprint density at radius 2 is 2.11 bits per heavy atom. The van der Waals surface area contributed by atoms with Crippen LogP contribution in [0.15, 0.2) is 23.1 Å². The van der Waals surface area contributed by atoms with Crippen LogP contribution in [0, 0.1) is 17.1 Å². The van der Waals surface area contributed by atoms with E-state index in [1.165, 1.54) is 19.2 Å². The quantitative estimate of drug-likeness (QED) is 0.887. The van der Waals surface area contributed by atoms with Gasteiger partial charge in [-0.05, 0) is 26.0 Å². The van der Waals surface area contributed by atoms with Crippen molar-refractivity contribution in [2.45, 2.75) is 24.3 Å². The van der Waals surface area contributed by atoms with Crippen LogP contribution in [0.1, 0.15) is 19.4 Å². The van der Waals surface area contributed by atoms with Gasteiger partial charge < -0.3 is 4.74 Å². The van der Waals surface area contributed by atoms with E-state index >= 15 is 0 Å². The van der Waals surface area contributed by atoms with Gasteiger partial charge in [0.2, 0.25) is 10.0 Å². The van der Waals surface area contributed by atoms with Crippen LogP contribution in [0.25, 0.3) is 0 Å². The second kappa shape index (κ2) is 5.65. The third kappa shape index (κ3) is 3.73. The predicted octanol–water partition coefficient (Wildman–Crippen LogP) is 1.40. The first-order chi connectivity index (χ1) is 8.73. The molecule has 104 valence electrons. The van der Waals surface area contributed by atoms with E-state index < -0.39 is 27.0 Å². The largest absolute Gasteiger partial charge is 0.377 e. The first kappa shape index (κ1) is 15.6. The fourth-order valence-corrected chi connectivity index (χ4v) is 2.62. The molecule has 1 rings (SSSR count). The Labute approximate surface area is 112 Å². The molecule has 0 fully saturated rings. The van der Waals surface area contributed by atoms with Gasteiger partial charge in [-0.3, -0.25) is 0 Å². The maximum Gasteiger partial charge on any atom is 0.242 e. The van der Waals surface area contributed by atoms with Crippen molar-refractivity contribution in [3.63, 3.8) is 0 Å². The van der Waals surface area contributed by atoms with Crippen LogP contribution in [-0.4, -0.2) is 27.7 Å². The van der Waals surface area contributed by atoms with Gasteiger partial charge >= 0.3 is 0 Å². The zero-order chi connectivity index (χ0) is 14.7. The SMILES string of the molecule is COC(C)(C)CNS(=O)(=O)c1cccc(F)c1C#N. The number of halogens is 1. The lowest BCUT2D eigenvalue weighted by molar-refractivity contribution is 0.0276. The van der Waals surface area contributed by atoms with E-state index in [0.29, 0.717) is 0 Å². The lowest BCUT2D eigenvalue weighted by Crippen LogP contribution is -2.39. The van der Waals surface area contributed by atoms with Crippen LogP contribution in [0.4, 0.5) is 4.39 Å². The van der Waals surface area contributed by atoms with Crippen LogP contribution >= 0.6 is 0 Å². The van der Waals surface area contributed by atoms with Crippen LogP contribution < -0.4 is 4.72 Å². The van der Waals surface area contributed by atoms with Crippen molar-refractivity contribution in [1.82, 2.24) is 4.72 Å². The number of ether oxygens (including phenoxy) is 1. The Morgan fingerprint density at radius 3 is 2.63 bits per heavy atom. The molecule has 0 heterocycles. The Hall–Kier alpha value is -1.49. The van der Waals surface area contributed by atoms with E-state index in [1.807, 2.05) is 0 Å². The number of hydrogen-bond acceptors (Lipinski definition) is 4. The maximum absolute atomic E-state index is 13.4. The molecule has 1 N–H and O–H groups in total. The summed E-state index contributed by atoms with van der Waals surface area (Å²) in [5, 5.41) is 8.83. The van der Waals surface area contributed by atoms with E-state index in [4.69, 9.17) is 10.00 Å². The number of sulfonamides is 1. The number of rotatable bonds is 5. The molecular formula is C12H15FN2O3S. The van der Waals surface area contributed by atoms with Gasteiger partial charge in [0.1, 0.15) is 22.3 Å². The molecular weight excluding hydrogens is 271 g/mol. The summed E-state index contributed by atoms with van der Waals surface area (Å²) in [6.07, 6.45) is 0. The summed E-state index contributed by atoms with van der Waals surface area (Å²) in [7, 11) is -2.51. The summed E-state index contributed by atoms with van der Waals surface area (Å²) in [5.41, 5.74) is -1.20. The molecule has 0 aliphatic heterocycles. The first-order valence-corrected chi connectivity index (χ1v) is 6.95. The van der Waals surface area contributed by atoms with Crippen molar-refractivity contribution in [3.8, 4) is 6.07 Å². The number of methoxy groups -OCH3 is 1. The number of hydrogen-bond donors (Lipinski definition) is 1. The fourth-order valence-electron chi connectivity index (χ4n) is 1.26. The van der Waals surface area contributed by atoms with E-state index in [0.717, 1.165) is 6.07 Å². The highest BCUT2D eigenvalue weighted by Gasteiger charge is 2.24. The standard InChI is InChI=1S/C12H15FN2O3S/c1-12(2,18-3)8-15-19(16,17)11-6-4-5-10(13)9(11)7-14/h4-6,15H,8H2,1-3H3. The van der Waals surface area contributed by atoms with Crippen molar-refractivity contribution < 1.29 is 17.5 Å². The van der Waals surface area contributed by atoms with Gasteiger partial charge in [-0.15, -0.1) is 0 Å².